The summed E-state index contributed by atoms with van der Waals surface area (Å²) in [5.74, 6) is -1.26. The van der Waals surface area contributed by atoms with Crippen molar-refractivity contribution in [2.45, 2.75) is 23.0 Å². The molecule has 0 amide bonds. The Morgan fingerprint density at radius 1 is 0.933 bits per heavy atom. The van der Waals surface area contributed by atoms with E-state index in [1.807, 2.05) is 0 Å². The first-order valence-corrected chi connectivity index (χ1v) is 9.27. The first-order valence-electron chi connectivity index (χ1n) is 8.28. The second-order valence-electron chi connectivity index (χ2n) is 6.14. The van der Waals surface area contributed by atoms with Crippen LogP contribution in [0.5, 0.6) is 0 Å². The fraction of sp³-hybridized carbons (Fsp3) is 0.167. The molecule has 3 aromatic heterocycles. The van der Waals surface area contributed by atoms with Crippen molar-refractivity contribution in [3.8, 4) is 11.4 Å². The van der Waals surface area contributed by atoms with Crippen molar-refractivity contribution in [2.75, 3.05) is 0 Å². The van der Waals surface area contributed by atoms with Gasteiger partial charge in [-0.2, -0.15) is 31.3 Å². The number of fused-ring (bicyclic) bond motifs is 1. The van der Waals surface area contributed by atoms with E-state index in [1.54, 1.807) is 16.8 Å². The van der Waals surface area contributed by atoms with Crippen LogP contribution in [-0.2, 0) is 18.1 Å². The molecule has 30 heavy (non-hydrogen) atoms. The molecule has 156 valence electrons. The Bertz CT molecular complexity index is 1180. The highest BCUT2D eigenvalue weighted by molar-refractivity contribution is 7.98. The van der Waals surface area contributed by atoms with Crippen LogP contribution in [-0.4, -0.2) is 19.5 Å². The number of hydrogen-bond donors (Lipinski definition) is 0. The Morgan fingerprint density at radius 2 is 1.67 bits per heavy atom. The molecule has 4 aromatic rings. The molecule has 0 aliphatic heterocycles. The van der Waals surface area contributed by atoms with Gasteiger partial charge in [-0.05, 0) is 36.4 Å². The minimum absolute atomic E-state index is 0.214. The Morgan fingerprint density at radius 3 is 2.30 bits per heavy atom. The zero-order chi connectivity index (χ0) is 21.5. The standard InChI is InChI=1S/C18H10F6N4OS/c19-17(20,21)11-1-3-13(4-2-11)30-9-12-8-28-6-5-10(7-14(28)25-12)15-26-16(29-27-15)18(22,23)24/h1-8H,9H2. The monoisotopic (exact) mass is 444 g/mol. The van der Waals surface area contributed by atoms with Gasteiger partial charge in [-0.25, -0.2) is 4.98 Å². The average molecular weight is 444 g/mol. The first-order chi connectivity index (χ1) is 14.1. The van der Waals surface area contributed by atoms with E-state index in [-0.39, 0.29) is 5.82 Å². The zero-order valence-electron chi connectivity index (χ0n) is 14.7. The smallest absolute Gasteiger partial charge is 0.329 e. The molecule has 0 saturated heterocycles. The zero-order valence-corrected chi connectivity index (χ0v) is 15.5. The molecule has 0 radical (unpaired) electrons. The molecule has 4 rings (SSSR count). The van der Waals surface area contributed by atoms with Crippen molar-refractivity contribution in [1.29, 1.82) is 0 Å². The lowest BCUT2D eigenvalue weighted by molar-refractivity contribution is -0.159. The van der Waals surface area contributed by atoms with Crippen molar-refractivity contribution < 1.29 is 30.9 Å². The van der Waals surface area contributed by atoms with Gasteiger partial charge >= 0.3 is 18.2 Å². The van der Waals surface area contributed by atoms with Gasteiger partial charge < -0.3 is 8.92 Å². The number of rotatable bonds is 4. The van der Waals surface area contributed by atoms with E-state index in [1.165, 1.54) is 36.0 Å². The summed E-state index contributed by atoms with van der Waals surface area (Å²) in [6.45, 7) is 0. The fourth-order valence-electron chi connectivity index (χ4n) is 2.60. The molecule has 3 heterocycles. The van der Waals surface area contributed by atoms with Gasteiger partial charge in [0.1, 0.15) is 5.65 Å². The van der Waals surface area contributed by atoms with Gasteiger partial charge in [-0.15, -0.1) is 11.8 Å². The van der Waals surface area contributed by atoms with E-state index in [0.717, 1.165) is 12.1 Å². The van der Waals surface area contributed by atoms with Gasteiger partial charge in [0.15, 0.2) is 0 Å². The SMILES string of the molecule is FC(F)(F)c1ccc(SCc2cn3ccc(-c4noc(C(F)(F)F)n4)cc3n2)cc1. The van der Waals surface area contributed by atoms with Crippen molar-refractivity contribution in [3.63, 3.8) is 0 Å². The summed E-state index contributed by atoms with van der Waals surface area (Å²) in [6.07, 6.45) is -5.81. The summed E-state index contributed by atoms with van der Waals surface area (Å²) in [5, 5.41) is 3.34. The summed E-state index contributed by atoms with van der Waals surface area (Å²) >= 11 is 1.31. The van der Waals surface area contributed by atoms with Crippen molar-refractivity contribution in [3.05, 3.63) is 65.9 Å². The number of alkyl halides is 6. The topological polar surface area (TPSA) is 56.2 Å². The third-order valence-electron chi connectivity index (χ3n) is 4.01. The number of pyridine rings is 1. The number of nitrogens with zero attached hydrogens (tertiary/aromatic N) is 4. The Kier molecular flexibility index (Phi) is 4.96. The number of thioether (sulfide) groups is 1. The van der Waals surface area contributed by atoms with Gasteiger partial charge in [-0.1, -0.05) is 5.16 Å². The third-order valence-corrected chi connectivity index (χ3v) is 5.05. The maximum Gasteiger partial charge on any atom is 0.471 e. The van der Waals surface area contributed by atoms with Crippen molar-refractivity contribution in [2.24, 2.45) is 0 Å². The predicted octanol–water partition coefficient (Wildman–Crippen LogP) is 5.71. The first kappa shape index (κ1) is 20.3. The van der Waals surface area contributed by atoms with Gasteiger partial charge in [0.25, 0.3) is 0 Å². The summed E-state index contributed by atoms with van der Waals surface area (Å²) in [5.41, 5.74) is 0.673. The summed E-state index contributed by atoms with van der Waals surface area (Å²) in [7, 11) is 0. The number of aromatic nitrogens is 4. The third kappa shape index (κ3) is 4.27. The molecular weight excluding hydrogens is 434 g/mol. The second-order valence-corrected chi connectivity index (χ2v) is 7.19. The maximum absolute atomic E-state index is 12.6. The van der Waals surface area contributed by atoms with Crippen LogP contribution in [0.3, 0.4) is 0 Å². The molecule has 0 atom stereocenters. The summed E-state index contributed by atoms with van der Waals surface area (Å²) in [6, 6.07) is 7.83. The lowest BCUT2D eigenvalue weighted by Crippen LogP contribution is -2.04. The molecule has 5 nitrogen and oxygen atoms in total. The Labute approximate surface area is 168 Å². The Hall–Kier alpha value is -3.02. The second kappa shape index (κ2) is 7.35. The fourth-order valence-corrected chi connectivity index (χ4v) is 3.38. The highest BCUT2D eigenvalue weighted by atomic mass is 32.2. The molecule has 12 heteroatoms. The van der Waals surface area contributed by atoms with E-state index in [9.17, 15) is 26.3 Å². The van der Waals surface area contributed by atoms with E-state index in [0.29, 0.717) is 27.6 Å². The van der Waals surface area contributed by atoms with Crippen LogP contribution in [0.1, 0.15) is 17.1 Å². The quantitative estimate of drug-likeness (QED) is 0.298. The van der Waals surface area contributed by atoms with Gasteiger partial charge in [0.05, 0.1) is 11.3 Å². The van der Waals surface area contributed by atoms with Crippen LogP contribution in [0.4, 0.5) is 26.3 Å². The minimum atomic E-state index is -4.73. The van der Waals surface area contributed by atoms with E-state index in [2.05, 4.69) is 19.6 Å². The van der Waals surface area contributed by atoms with Crippen LogP contribution < -0.4 is 0 Å². The number of benzene rings is 1. The van der Waals surface area contributed by atoms with Crippen LogP contribution in [0, 0.1) is 0 Å². The predicted molar refractivity (Wildman–Crippen MR) is 94.5 cm³/mol. The molecule has 0 aliphatic carbocycles. The molecule has 0 saturated carbocycles. The maximum atomic E-state index is 12.6. The molecule has 0 unspecified atom stereocenters. The van der Waals surface area contributed by atoms with Crippen molar-refractivity contribution in [1.82, 2.24) is 19.5 Å². The Balaban J connectivity index is 1.49. The number of imidazole rings is 1. The van der Waals surface area contributed by atoms with E-state index >= 15 is 0 Å². The molecule has 0 fully saturated rings. The van der Waals surface area contributed by atoms with Crippen LogP contribution in [0.25, 0.3) is 17.0 Å². The normalized spacial score (nSPS) is 12.6. The molecule has 1 aromatic carbocycles. The van der Waals surface area contributed by atoms with Crippen LogP contribution in [0.15, 0.2) is 58.2 Å². The number of halogens is 6. The van der Waals surface area contributed by atoms with E-state index < -0.39 is 23.8 Å². The lowest BCUT2D eigenvalue weighted by Gasteiger charge is -2.06. The van der Waals surface area contributed by atoms with Gasteiger partial charge in [0, 0.05) is 28.6 Å². The van der Waals surface area contributed by atoms with Gasteiger partial charge in [-0.3, -0.25) is 0 Å². The molecule has 0 bridgehead atoms. The summed E-state index contributed by atoms with van der Waals surface area (Å²) in [4.78, 5) is 8.37. The van der Waals surface area contributed by atoms with Crippen LogP contribution >= 0.6 is 11.8 Å². The minimum Gasteiger partial charge on any atom is -0.329 e. The average Bonchev–Trinajstić information content (AvgIpc) is 3.32. The van der Waals surface area contributed by atoms with Crippen LogP contribution in [0.2, 0.25) is 0 Å². The molecule has 0 aliphatic rings. The lowest BCUT2D eigenvalue weighted by atomic mass is 10.2. The number of hydrogen-bond acceptors (Lipinski definition) is 5. The molecular formula is C18H10F6N4OS. The highest BCUT2D eigenvalue weighted by Crippen LogP contribution is 2.32. The molecule has 0 spiro atoms. The largest absolute Gasteiger partial charge is 0.471 e. The van der Waals surface area contributed by atoms with E-state index in [4.69, 9.17) is 0 Å². The highest BCUT2D eigenvalue weighted by Gasteiger charge is 2.38. The van der Waals surface area contributed by atoms with Gasteiger partial charge in [0.2, 0.25) is 5.82 Å². The van der Waals surface area contributed by atoms with Crippen molar-refractivity contribution >= 4 is 17.4 Å². The summed E-state index contributed by atoms with van der Waals surface area (Å²) < 4.78 is 81.6. The molecule has 0 N–H and O–H groups in total.